The SMILES string of the molecule is CCOCc1nc(Cc2ccc3c(c2)OCO3)n(C)n1. The van der Waals surface area contributed by atoms with Crippen LogP contribution in [-0.4, -0.2) is 28.2 Å². The Bertz CT molecular complexity index is 610. The second kappa shape index (κ2) is 5.50. The summed E-state index contributed by atoms with van der Waals surface area (Å²) in [4.78, 5) is 4.49. The van der Waals surface area contributed by atoms with E-state index in [4.69, 9.17) is 14.2 Å². The molecule has 2 aromatic rings. The fourth-order valence-electron chi connectivity index (χ4n) is 2.12. The highest BCUT2D eigenvalue weighted by Crippen LogP contribution is 2.32. The molecule has 3 rings (SSSR count). The van der Waals surface area contributed by atoms with Crippen LogP contribution in [0.3, 0.4) is 0 Å². The highest BCUT2D eigenvalue weighted by molar-refractivity contribution is 5.45. The molecule has 1 aliphatic heterocycles. The van der Waals surface area contributed by atoms with Gasteiger partial charge in [0, 0.05) is 20.1 Å². The number of fused-ring (bicyclic) bond motifs is 1. The summed E-state index contributed by atoms with van der Waals surface area (Å²) in [5, 5.41) is 4.34. The molecule has 20 heavy (non-hydrogen) atoms. The van der Waals surface area contributed by atoms with Crippen molar-refractivity contribution >= 4 is 0 Å². The van der Waals surface area contributed by atoms with Gasteiger partial charge < -0.3 is 14.2 Å². The summed E-state index contributed by atoms with van der Waals surface area (Å²) >= 11 is 0. The van der Waals surface area contributed by atoms with Gasteiger partial charge in [-0.15, -0.1) is 0 Å². The van der Waals surface area contributed by atoms with Gasteiger partial charge in [-0.3, -0.25) is 4.68 Å². The first-order chi connectivity index (χ1) is 9.76. The van der Waals surface area contributed by atoms with E-state index in [-0.39, 0.29) is 0 Å². The number of ether oxygens (including phenoxy) is 3. The Labute approximate surface area is 117 Å². The Morgan fingerprint density at radius 3 is 3.00 bits per heavy atom. The van der Waals surface area contributed by atoms with Crippen molar-refractivity contribution < 1.29 is 14.2 Å². The largest absolute Gasteiger partial charge is 0.454 e. The summed E-state index contributed by atoms with van der Waals surface area (Å²) in [7, 11) is 1.89. The first-order valence-corrected chi connectivity index (χ1v) is 6.61. The van der Waals surface area contributed by atoms with Crippen molar-refractivity contribution in [2.75, 3.05) is 13.4 Å². The minimum atomic E-state index is 0.293. The third-order valence-electron chi connectivity index (χ3n) is 3.13. The Kier molecular flexibility index (Phi) is 3.56. The van der Waals surface area contributed by atoms with E-state index in [0.29, 0.717) is 32.3 Å². The molecule has 0 aliphatic carbocycles. The number of aromatic nitrogens is 3. The Morgan fingerprint density at radius 2 is 2.15 bits per heavy atom. The Hall–Kier alpha value is -2.08. The molecule has 6 heteroatoms. The molecule has 0 fully saturated rings. The zero-order chi connectivity index (χ0) is 13.9. The fraction of sp³-hybridized carbons (Fsp3) is 0.429. The molecule has 0 spiro atoms. The molecule has 0 amide bonds. The van der Waals surface area contributed by atoms with Crippen LogP contribution < -0.4 is 9.47 Å². The van der Waals surface area contributed by atoms with Crippen LogP contribution in [0.2, 0.25) is 0 Å². The first-order valence-electron chi connectivity index (χ1n) is 6.61. The molecule has 0 saturated carbocycles. The molecule has 1 aliphatic rings. The number of benzene rings is 1. The van der Waals surface area contributed by atoms with Crippen molar-refractivity contribution in [3.8, 4) is 11.5 Å². The van der Waals surface area contributed by atoms with Crippen molar-refractivity contribution in [2.24, 2.45) is 7.05 Å². The number of rotatable bonds is 5. The van der Waals surface area contributed by atoms with Crippen molar-refractivity contribution in [1.82, 2.24) is 14.8 Å². The summed E-state index contributed by atoms with van der Waals surface area (Å²) < 4.78 is 17.8. The van der Waals surface area contributed by atoms with Crippen molar-refractivity contribution in [3.63, 3.8) is 0 Å². The summed E-state index contributed by atoms with van der Waals surface area (Å²) in [5.74, 6) is 3.20. The smallest absolute Gasteiger partial charge is 0.231 e. The zero-order valence-electron chi connectivity index (χ0n) is 11.6. The van der Waals surface area contributed by atoms with Crippen LogP contribution in [0.1, 0.15) is 24.1 Å². The summed E-state index contributed by atoms with van der Waals surface area (Å²) in [6, 6.07) is 5.93. The van der Waals surface area contributed by atoms with Gasteiger partial charge in [0.25, 0.3) is 0 Å². The van der Waals surface area contributed by atoms with E-state index < -0.39 is 0 Å². The van der Waals surface area contributed by atoms with E-state index >= 15 is 0 Å². The second-order valence-electron chi connectivity index (χ2n) is 4.57. The van der Waals surface area contributed by atoms with Gasteiger partial charge in [0.15, 0.2) is 17.3 Å². The molecule has 1 aromatic carbocycles. The maximum absolute atomic E-state index is 5.38. The normalized spacial score (nSPS) is 12.9. The van der Waals surface area contributed by atoms with E-state index in [1.54, 1.807) is 4.68 Å². The molecule has 0 saturated heterocycles. The summed E-state index contributed by atoms with van der Waals surface area (Å²) in [6.07, 6.45) is 0.701. The summed E-state index contributed by atoms with van der Waals surface area (Å²) in [6.45, 7) is 3.36. The molecule has 1 aromatic heterocycles. The third-order valence-corrected chi connectivity index (χ3v) is 3.13. The number of hydrogen-bond acceptors (Lipinski definition) is 5. The Balaban J connectivity index is 1.75. The van der Waals surface area contributed by atoms with Gasteiger partial charge in [-0.05, 0) is 24.6 Å². The lowest BCUT2D eigenvalue weighted by molar-refractivity contribution is 0.128. The predicted molar refractivity (Wildman–Crippen MR) is 71.7 cm³/mol. The standard InChI is InChI=1S/C14H17N3O3/c1-3-18-8-13-15-14(17(2)16-13)7-10-4-5-11-12(6-10)20-9-19-11/h4-6H,3,7-9H2,1-2H3. The average molecular weight is 275 g/mol. The molecule has 6 nitrogen and oxygen atoms in total. The molecular formula is C14H17N3O3. The van der Waals surface area contributed by atoms with Crippen LogP contribution >= 0.6 is 0 Å². The lowest BCUT2D eigenvalue weighted by atomic mass is 10.1. The highest BCUT2D eigenvalue weighted by Gasteiger charge is 2.15. The minimum absolute atomic E-state index is 0.293. The van der Waals surface area contributed by atoms with Crippen molar-refractivity contribution in [1.29, 1.82) is 0 Å². The van der Waals surface area contributed by atoms with Crippen LogP contribution in [0.4, 0.5) is 0 Å². The van der Waals surface area contributed by atoms with Crippen LogP contribution in [0.25, 0.3) is 0 Å². The second-order valence-corrected chi connectivity index (χ2v) is 4.57. The number of aryl methyl sites for hydroxylation is 1. The van der Waals surface area contributed by atoms with Crippen LogP contribution in [0.5, 0.6) is 11.5 Å². The minimum Gasteiger partial charge on any atom is -0.454 e. The first kappa shape index (κ1) is 12.9. The quantitative estimate of drug-likeness (QED) is 0.830. The fourth-order valence-corrected chi connectivity index (χ4v) is 2.12. The molecule has 0 unspecified atom stereocenters. The molecule has 0 N–H and O–H groups in total. The Morgan fingerprint density at radius 1 is 1.30 bits per heavy atom. The molecule has 0 bridgehead atoms. The third kappa shape index (κ3) is 2.60. The van der Waals surface area contributed by atoms with Gasteiger partial charge in [-0.25, -0.2) is 4.98 Å². The number of nitrogens with zero attached hydrogens (tertiary/aromatic N) is 3. The molecule has 106 valence electrons. The summed E-state index contributed by atoms with van der Waals surface area (Å²) in [5.41, 5.74) is 1.12. The van der Waals surface area contributed by atoms with E-state index in [2.05, 4.69) is 10.1 Å². The lowest BCUT2D eigenvalue weighted by Crippen LogP contribution is -2.00. The zero-order valence-corrected chi connectivity index (χ0v) is 11.6. The van der Waals surface area contributed by atoms with E-state index in [1.165, 1.54) is 0 Å². The van der Waals surface area contributed by atoms with Gasteiger partial charge >= 0.3 is 0 Å². The number of hydrogen-bond donors (Lipinski definition) is 0. The van der Waals surface area contributed by atoms with Crippen LogP contribution in [-0.2, 0) is 24.8 Å². The van der Waals surface area contributed by atoms with Gasteiger partial charge in [0.05, 0.1) is 0 Å². The topological polar surface area (TPSA) is 58.4 Å². The van der Waals surface area contributed by atoms with Crippen molar-refractivity contribution in [2.45, 2.75) is 20.0 Å². The maximum Gasteiger partial charge on any atom is 0.231 e. The monoisotopic (exact) mass is 275 g/mol. The maximum atomic E-state index is 5.38. The highest BCUT2D eigenvalue weighted by atomic mass is 16.7. The van der Waals surface area contributed by atoms with Crippen LogP contribution in [0, 0.1) is 0 Å². The van der Waals surface area contributed by atoms with Gasteiger partial charge in [0.1, 0.15) is 12.4 Å². The molecule has 2 heterocycles. The molecule has 0 radical (unpaired) electrons. The van der Waals surface area contributed by atoms with E-state index in [0.717, 1.165) is 22.9 Å². The van der Waals surface area contributed by atoms with Gasteiger partial charge in [-0.1, -0.05) is 6.07 Å². The lowest BCUT2D eigenvalue weighted by Gasteiger charge is -2.02. The van der Waals surface area contributed by atoms with Gasteiger partial charge in [-0.2, -0.15) is 5.10 Å². The molecule has 0 atom stereocenters. The van der Waals surface area contributed by atoms with E-state index in [1.807, 2.05) is 32.2 Å². The molecular weight excluding hydrogens is 258 g/mol. The van der Waals surface area contributed by atoms with E-state index in [9.17, 15) is 0 Å². The predicted octanol–water partition coefficient (Wildman–Crippen LogP) is 1.67. The van der Waals surface area contributed by atoms with Crippen molar-refractivity contribution in [3.05, 3.63) is 35.4 Å². The van der Waals surface area contributed by atoms with Gasteiger partial charge in [0.2, 0.25) is 6.79 Å². The van der Waals surface area contributed by atoms with Crippen LogP contribution in [0.15, 0.2) is 18.2 Å². The average Bonchev–Trinajstić information content (AvgIpc) is 3.03.